The van der Waals surface area contributed by atoms with Crippen LogP contribution in [0.4, 0.5) is 0 Å². The zero-order chi connectivity index (χ0) is 20.6. The van der Waals surface area contributed by atoms with Gasteiger partial charge in [-0.25, -0.2) is 0 Å². The van der Waals surface area contributed by atoms with Crippen LogP contribution in [0.5, 0.6) is 5.75 Å². The van der Waals surface area contributed by atoms with Gasteiger partial charge in [-0.1, -0.05) is 18.2 Å². The standard InChI is InChI=1S/C24H28N2O4/c27-21(14-24-11-16-8-17(12-24)10-18(9-16)13-24)25-26-23(28)22-19(6-7-29-22)15-30-20-4-2-1-3-5-20/h1-7,16-18H,8-15H2,(H,25,27)(H,26,28). The zero-order valence-corrected chi connectivity index (χ0v) is 17.1. The van der Waals surface area contributed by atoms with Crippen molar-refractivity contribution in [3.05, 3.63) is 54.0 Å². The van der Waals surface area contributed by atoms with Crippen molar-refractivity contribution < 1.29 is 18.7 Å². The Hall–Kier alpha value is -2.76. The number of ether oxygens (including phenoxy) is 1. The van der Waals surface area contributed by atoms with Gasteiger partial charge in [-0.05, 0) is 79.9 Å². The molecule has 6 heteroatoms. The largest absolute Gasteiger partial charge is 0.489 e. The Kier molecular flexibility index (Phi) is 5.01. The van der Waals surface area contributed by atoms with E-state index in [0.717, 1.165) is 17.8 Å². The molecular formula is C24H28N2O4. The second kappa shape index (κ2) is 7.82. The maximum absolute atomic E-state index is 12.6. The van der Waals surface area contributed by atoms with Crippen LogP contribution in [-0.2, 0) is 11.4 Å². The number of rotatable bonds is 6. The molecule has 1 aromatic heterocycles. The van der Waals surface area contributed by atoms with E-state index in [9.17, 15) is 9.59 Å². The monoisotopic (exact) mass is 408 g/mol. The second-order valence-corrected chi connectivity index (χ2v) is 9.47. The molecule has 4 bridgehead atoms. The molecule has 2 N–H and O–H groups in total. The summed E-state index contributed by atoms with van der Waals surface area (Å²) in [4.78, 5) is 25.1. The summed E-state index contributed by atoms with van der Waals surface area (Å²) in [6, 6.07) is 11.1. The van der Waals surface area contributed by atoms with Gasteiger partial charge in [-0.15, -0.1) is 0 Å². The lowest BCUT2D eigenvalue weighted by atomic mass is 9.49. The molecule has 6 nitrogen and oxygen atoms in total. The van der Waals surface area contributed by atoms with Crippen LogP contribution >= 0.6 is 0 Å². The average Bonchev–Trinajstić information content (AvgIpc) is 3.19. The van der Waals surface area contributed by atoms with E-state index < -0.39 is 5.91 Å². The van der Waals surface area contributed by atoms with Gasteiger partial charge in [0.05, 0.1) is 6.26 Å². The van der Waals surface area contributed by atoms with Crippen LogP contribution in [0.15, 0.2) is 47.1 Å². The average molecular weight is 408 g/mol. The van der Waals surface area contributed by atoms with Crippen molar-refractivity contribution in [2.75, 3.05) is 0 Å². The van der Waals surface area contributed by atoms with Crippen molar-refractivity contribution in [3.8, 4) is 5.75 Å². The first kappa shape index (κ1) is 19.2. The normalized spacial score (nSPS) is 28.9. The Bertz CT molecular complexity index is 885. The third-order valence-corrected chi connectivity index (χ3v) is 7.11. The van der Waals surface area contributed by atoms with Crippen molar-refractivity contribution in [2.24, 2.45) is 23.2 Å². The van der Waals surface area contributed by atoms with Crippen molar-refractivity contribution in [2.45, 2.75) is 51.6 Å². The van der Waals surface area contributed by atoms with Crippen LogP contribution in [0, 0.1) is 23.2 Å². The molecule has 0 aliphatic heterocycles. The summed E-state index contributed by atoms with van der Waals surface area (Å²) >= 11 is 0. The Labute approximate surface area is 176 Å². The molecule has 1 aromatic carbocycles. The van der Waals surface area contributed by atoms with Crippen molar-refractivity contribution in [1.82, 2.24) is 10.9 Å². The van der Waals surface area contributed by atoms with Crippen LogP contribution in [0.3, 0.4) is 0 Å². The second-order valence-electron chi connectivity index (χ2n) is 9.47. The third kappa shape index (κ3) is 3.95. The molecule has 1 heterocycles. The first-order valence-corrected chi connectivity index (χ1v) is 10.9. The van der Waals surface area contributed by atoms with E-state index in [2.05, 4.69) is 10.9 Å². The molecule has 30 heavy (non-hydrogen) atoms. The van der Waals surface area contributed by atoms with Crippen molar-refractivity contribution in [3.63, 3.8) is 0 Å². The Morgan fingerprint density at radius 1 is 0.967 bits per heavy atom. The minimum atomic E-state index is -0.467. The predicted octanol–water partition coefficient (Wildman–Crippen LogP) is 4.23. The Morgan fingerprint density at radius 3 is 2.30 bits per heavy atom. The molecule has 158 valence electrons. The molecule has 4 aliphatic carbocycles. The minimum absolute atomic E-state index is 0.112. The predicted molar refractivity (Wildman–Crippen MR) is 110 cm³/mol. The number of nitrogens with one attached hydrogen (secondary N) is 2. The molecule has 2 aromatic rings. The lowest BCUT2D eigenvalue weighted by Crippen LogP contribution is -2.50. The fraction of sp³-hybridized carbons (Fsp3) is 0.500. The van der Waals surface area contributed by atoms with E-state index in [1.54, 1.807) is 6.07 Å². The first-order chi connectivity index (χ1) is 14.6. The summed E-state index contributed by atoms with van der Waals surface area (Å²) in [7, 11) is 0. The minimum Gasteiger partial charge on any atom is -0.489 e. The molecule has 4 saturated carbocycles. The lowest BCUT2D eigenvalue weighted by molar-refractivity contribution is -0.130. The first-order valence-electron chi connectivity index (χ1n) is 10.9. The van der Waals surface area contributed by atoms with Crippen molar-refractivity contribution in [1.29, 1.82) is 0 Å². The number of benzene rings is 1. The smallest absolute Gasteiger partial charge is 0.305 e. The van der Waals surface area contributed by atoms with E-state index in [1.165, 1.54) is 44.8 Å². The summed E-state index contributed by atoms with van der Waals surface area (Å²) < 4.78 is 11.0. The third-order valence-electron chi connectivity index (χ3n) is 7.11. The topological polar surface area (TPSA) is 80.6 Å². The van der Waals surface area contributed by atoms with Gasteiger partial charge < -0.3 is 9.15 Å². The van der Waals surface area contributed by atoms with Crippen LogP contribution in [-0.4, -0.2) is 11.8 Å². The number of hydrogen-bond acceptors (Lipinski definition) is 4. The van der Waals surface area contributed by atoms with E-state index >= 15 is 0 Å². The molecule has 0 radical (unpaired) electrons. The van der Waals surface area contributed by atoms with Crippen LogP contribution < -0.4 is 15.6 Å². The maximum atomic E-state index is 12.6. The number of hydrazine groups is 1. The molecule has 4 aliphatic rings. The highest BCUT2D eigenvalue weighted by molar-refractivity contribution is 5.94. The summed E-state index contributed by atoms with van der Waals surface area (Å²) in [5.41, 5.74) is 5.90. The van der Waals surface area contributed by atoms with E-state index in [4.69, 9.17) is 9.15 Å². The summed E-state index contributed by atoms with van der Waals surface area (Å²) in [6.45, 7) is 0.213. The highest BCUT2D eigenvalue weighted by atomic mass is 16.5. The number of carbonyl (C=O) groups is 2. The molecule has 2 amide bonds. The van der Waals surface area contributed by atoms with Gasteiger partial charge in [0, 0.05) is 12.0 Å². The quantitative estimate of drug-likeness (QED) is 0.701. The Morgan fingerprint density at radius 2 is 1.63 bits per heavy atom. The fourth-order valence-electron chi connectivity index (χ4n) is 6.40. The van der Waals surface area contributed by atoms with Crippen LogP contribution in [0.25, 0.3) is 0 Å². The molecule has 0 spiro atoms. The highest BCUT2D eigenvalue weighted by Gasteiger charge is 2.51. The Balaban J connectivity index is 1.14. The molecule has 0 unspecified atom stereocenters. The van der Waals surface area contributed by atoms with Gasteiger partial charge in [0.15, 0.2) is 5.76 Å². The fourth-order valence-corrected chi connectivity index (χ4v) is 6.40. The molecule has 4 fully saturated rings. The van der Waals surface area contributed by atoms with Gasteiger partial charge in [-0.2, -0.15) is 0 Å². The maximum Gasteiger partial charge on any atom is 0.305 e. The van der Waals surface area contributed by atoms with E-state index in [-0.39, 0.29) is 23.7 Å². The van der Waals surface area contributed by atoms with Gasteiger partial charge in [-0.3, -0.25) is 20.4 Å². The van der Waals surface area contributed by atoms with Crippen LogP contribution in [0.1, 0.15) is 61.1 Å². The van der Waals surface area contributed by atoms with Crippen molar-refractivity contribution >= 4 is 11.8 Å². The van der Waals surface area contributed by atoms with E-state index in [1.807, 2.05) is 30.3 Å². The SMILES string of the molecule is O=C(CC12CC3CC(CC(C3)C1)C2)NNC(=O)c1occc1COc1ccccc1. The van der Waals surface area contributed by atoms with Gasteiger partial charge in [0.2, 0.25) is 5.91 Å². The summed E-state index contributed by atoms with van der Waals surface area (Å²) in [5, 5.41) is 0. The number of carbonyl (C=O) groups excluding carboxylic acids is 2. The zero-order valence-electron chi connectivity index (χ0n) is 17.1. The lowest BCUT2D eigenvalue weighted by Gasteiger charge is -2.56. The number of para-hydroxylation sites is 1. The van der Waals surface area contributed by atoms with Gasteiger partial charge >= 0.3 is 5.91 Å². The number of hydrogen-bond donors (Lipinski definition) is 2. The number of amides is 2. The molecule has 0 saturated heterocycles. The number of furan rings is 1. The van der Waals surface area contributed by atoms with E-state index in [0.29, 0.717) is 17.7 Å². The molecular weight excluding hydrogens is 380 g/mol. The van der Waals surface area contributed by atoms with Gasteiger partial charge in [0.25, 0.3) is 0 Å². The van der Waals surface area contributed by atoms with Crippen LogP contribution in [0.2, 0.25) is 0 Å². The summed E-state index contributed by atoms with van der Waals surface area (Å²) in [6.07, 6.45) is 9.51. The molecule has 0 atom stereocenters. The highest BCUT2D eigenvalue weighted by Crippen LogP contribution is 2.61. The van der Waals surface area contributed by atoms with Gasteiger partial charge in [0.1, 0.15) is 12.4 Å². The summed E-state index contributed by atoms with van der Waals surface area (Å²) in [5.74, 6) is 2.69. The molecule has 6 rings (SSSR count).